The molecule has 0 amide bonds. The maximum atomic E-state index is 13.1. The lowest BCUT2D eigenvalue weighted by Gasteiger charge is -2.10. The van der Waals surface area contributed by atoms with E-state index in [1.165, 1.54) is 6.07 Å². The van der Waals surface area contributed by atoms with Crippen molar-refractivity contribution in [1.82, 2.24) is 0 Å². The van der Waals surface area contributed by atoms with Crippen LogP contribution in [0.15, 0.2) is 48.5 Å². The van der Waals surface area contributed by atoms with Gasteiger partial charge in [-0.3, -0.25) is 4.79 Å². The quantitative estimate of drug-likeness (QED) is 0.759. The summed E-state index contributed by atoms with van der Waals surface area (Å²) in [5, 5.41) is 0. The van der Waals surface area contributed by atoms with E-state index >= 15 is 0 Å². The molecular formula is C16H14F2O. The highest BCUT2D eigenvalue weighted by atomic mass is 19.2. The summed E-state index contributed by atoms with van der Waals surface area (Å²) >= 11 is 0. The van der Waals surface area contributed by atoms with Crippen molar-refractivity contribution < 1.29 is 13.6 Å². The third-order valence-corrected chi connectivity index (χ3v) is 3.03. The lowest BCUT2D eigenvalue weighted by atomic mass is 9.93. The Morgan fingerprint density at radius 1 is 1.05 bits per heavy atom. The maximum absolute atomic E-state index is 13.1. The molecule has 0 fully saturated rings. The fourth-order valence-corrected chi connectivity index (χ4v) is 2.00. The Morgan fingerprint density at radius 2 is 1.74 bits per heavy atom. The van der Waals surface area contributed by atoms with Gasteiger partial charge in [0.05, 0.1) is 0 Å². The standard InChI is InChI=1S/C16H14F2O/c1-11(16(19)13-5-3-2-4-6-13)9-12-7-8-14(17)15(18)10-12/h2-8,10-11H,9H2,1H3. The van der Waals surface area contributed by atoms with Crippen molar-refractivity contribution in [2.45, 2.75) is 13.3 Å². The normalized spacial score (nSPS) is 12.2. The highest BCUT2D eigenvalue weighted by molar-refractivity contribution is 5.97. The van der Waals surface area contributed by atoms with E-state index in [4.69, 9.17) is 0 Å². The number of carbonyl (C=O) groups excluding carboxylic acids is 1. The Balaban J connectivity index is 2.10. The molecule has 0 spiro atoms. The minimum absolute atomic E-state index is 0.00494. The van der Waals surface area contributed by atoms with Crippen LogP contribution < -0.4 is 0 Å². The third kappa shape index (κ3) is 3.25. The summed E-state index contributed by atoms with van der Waals surface area (Å²) in [5.74, 6) is -2.01. The summed E-state index contributed by atoms with van der Waals surface area (Å²) in [6, 6.07) is 12.7. The summed E-state index contributed by atoms with van der Waals surface area (Å²) in [6.07, 6.45) is 0.394. The van der Waals surface area contributed by atoms with Crippen LogP contribution in [0.1, 0.15) is 22.8 Å². The smallest absolute Gasteiger partial charge is 0.165 e. The van der Waals surface area contributed by atoms with Gasteiger partial charge in [-0.2, -0.15) is 0 Å². The van der Waals surface area contributed by atoms with E-state index in [0.29, 0.717) is 17.5 Å². The molecule has 0 heterocycles. The minimum atomic E-state index is -0.878. The predicted molar refractivity (Wildman–Crippen MR) is 70.0 cm³/mol. The number of ketones is 1. The summed E-state index contributed by atoms with van der Waals surface area (Å²) in [4.78, 5) is 12.1. The Bertz CT molecular complexity index is 579. The predicted octanol–water partition coefficient (Wildman–Crippen LogP) is 4.03. The Hall–Kier alpha value is -2.03. The molecule has 1 unspecified atom stereocenters. The zero-order valence-corrected chi connectivity index (χ0v) is 10.6. The first-order valence-electron chi connectivity index (χ1n) is 6.11. The number of rotatable bonds is 4. The van der Waals surface area contributed by atoms with E-state index in [9.17, 15) is 13.6 Å². The molecule has 0 aliphatic carbocycles. The summed E-state index contributed by atoms with van der Waals surface area (Å²) in [7, 11) is 0. The Kier molecular flexibility index (Phi) is 4.05. The van der Waals surface area contributed by atoms with Crippen molar-refractivity contribution in [3.8, 4) is 0 Å². The summed E-state index contributed by atoms with van der Waals surface area (Å²) < 4.78 is 25.9. The SMILES string of the molecule is CC(Cc1ccc(F)c(F)c1)C(=O)c1ccccc1. The van der Waals surface area contributed by atoms with E-state index in [1.807, 2.05) is 6.07 Å². The van der Waals surface area contributed by atoms with Gasteiger partial charge in [-0.05, 0) is 24.1 Å². The monoisotopic (exact) mass is 260 g/mol. The maximum Gasteiger partial charge on any atom is 0.165 e. The van der Waals surface area contributed by atoms with E-state index in [1.54, 1.807) is 31.2 Å². The van der Waals surface area contributed by atoms with Crippen LogP contribution in [0.5, 0.6) is 0 Å². The van der Waals surface area contributed by atoms with Gasteiger partial charge in [-0.1, -0.05) is 43.3 Å². The van der Waals surface area contributed by atoms with Crippen LogP contribution in [0, 0.1) is 17.6 Å². The van der Waals surface area contributed by atoms with E-state index < -0.39 is 11.6 Å². The molecule has 0 aromatic heterocycles. The molecule has 0 N–H and O–H groups in total. The van der Waals surface area contributed by atoms with Gasteiger partial charge in [0.25, 0.3) is 0 Å². The van der Waals surface area contributed by atoms with Crippen LogP contribution in [-0.2, 0) is 6.42 Å². The highest BCUT2D eigenvalue weighted by Crippen LogP contribution is 2.16. The zero-order valence-electron chi connectivity index (χ0n) is 10.6. The van der Waals surface area contributed by atoms with Crippen LogP contribution in [0.3, 0.4) is 0 Å². The van der Waals surface area contributed by atoms with Crippen molar-refractivity contribution in [1.29, 1.82) is 0 Å². The van der Waals surface area contributed by atoms with Crippen LogP contribution in [0.2, 0.25) is 0 Å². The van der Waals surface area contributed by atoms with Gasteiger partial charge in [0, 0.05) is 11.5 Å². The van der Waals surface area contributed by atoms with Gasteiger partial charge in [0.2, 0.25) is 0 Å². The fourth-order valence-electron chi connectivity index (χ4n) is 2.00. The zero-order chi connectivity index (χ0) is 13.8. The average Bonchev–Trinajstić information content (AvgIpc) is 2.43. The second-order valence-electron chi connectivity index (χ2n) is 4.58. The Labute approximate surface area is 110 Å². The molecule has 2 aromatic rings. The first-order valence-corrected chi connectivity index (χ1v) is 6.11. The highest BCUT2D eigenvalue weighted by Gasteiger charge is 2.16. The topological polar surface area (TPSA) is 17.1 Å². The largest absolute Gasteiger partial charge is 0.294 e. The van der Waals surface area contributed by atoms with Gasteiger partial charge in [-0.25, -0.2) is 8.78 Å². The molecular weight excluding hydrogens is 246 g/mol. The lowest BCUT2D eigenvalue weighted by molar-refractivity contribution is 0.0929. The molecule has 1 atom stereocenters. The molecule has 2 aromatic carbocycles. The number of Topliss-reactive ketones (excluding diaryl/α,β-unsaturated/α-hetero) is 1. The fraction of sp³-hybridized carbons (Fsp3) is 0.188. The van der Waals surface area contributed by atoms with E-state index in [2.05, 4.69) is 0 Å². The molecule has 98 valence electrons. The number of hydrogen-bond donors (Lipinski definition) is 0. The van der Waals surface area contributed by atoms with Gasteiger partial charge >= 0.3 is 0 Å². The molecule has 0 bridgehead atoms. The first kappa shape index (κ1) is 13.4. The van der Waals surface area contributed by atoms with Crippen LogP contribution in [0.4, 0.5) is 8.78 Å². The van der Waals surface area contributed by atoms with Crippen LogP contribution in [0.25, 0.3) is 0 Å². The molecule has 0 aliphatic rings. The Morgan fingerprint density at radius 3 is 2.37 bits per heavy atom. The lowest BCUT2D eigenvalue weighted by Crippen LogP contribution is -2.14. The number of carbonyl (C=O) groups is 1. The van der Waals surface area contributed by atoms with Gasteiger partial charge in [-0.15, -0.1) is 0 Å². The van der Waals surface area contributed by atoms with Gasteiger partial charge in [0.1, 0.15) is 0 Å². The van der Waals surface area contributed by atoms with Crippen LogP contribution in [-0.4, -0.2) is 5.78 Å². The molecule has 3 heteroatoms. The molecule has 0 saturated carbocycles. The second-order valence-corrected chi connectivity index (χ2v) is 4.58. The average molecular weight is 260 g/mol. The van der Waals surface area contributed by atoms with E-state index in [0.717, 1.165) is 12.1 Å². The summed E-state index contributed by atoms with van der Waals surface area (Å²) in [5.41, 5.74) is 1.26. The van der Waals surface area contributed by atoms with Crippen LogP contribution >= 0.6 is 0 Å². The molecule has 1 nitrogen and oxygen atoms in total. The van der Waals surface area contributed by atoms with Crippen molar-refractivity contribution >= 4 is 5.78 Å². The van der Waals surface area contributed by atoms with Crippen molar-refractivity contribution in [2.24, 2.45) is 5.92 Å². The third-order valence-electron chi connectivity index (χ3n) is 3.03. The molecule has 19 heavy (non-hydrogen) atoms. The minimum Gasteiger partial charge on any atom is -0.294 e. The first-order chi connectivity index (χ1) is 9.08. The molecule has 0 saturated heterocycles. The molecule has 0 aliphatic heterocycles. The molecule has 0 radical (unpaired) electrons. The van der Waals surface area contributed by atoms with Crippen molar-refractivity contribution in [2.75, 3.05) is 0 Å². The van der Waals surface area contributed by atoms with Gasteiger partial charge in [0.15, 0.2) is 17.4 Å². The summed E-state index contributed by atoms with van der Waals surface area (Å²) in [6.45, 7) is 1.79. The second kappa shape index (κ2) is 5.74. The van der Waals surface area contributed by atoms with Crippen molar-refractivity contribution in [3.63, 3.8) is 0 Å². The van der Waals surface area contributed by atoms with Crippen molar-refractivity contribution in [3.05, 3.63) is 71.3 Å². The number of benzene rings is 2. The molecule has 2 rings (SSSR count). The van der Waals surface area contributed by atoms with E-state index in [-0.39, 0.29) is 11.7 Å². The van der Waals surface area contributed by atoms with Gasteiger partial charge < -0.3 is 0 Å². The number of halogens is 2. The number of hydrogen-bond acceptors (Lipinski definition) is 1.